The van der Waals surface area contributed by atoms with E-state index in [4.69, 9.17) is 0 Å². The van der Waals surface area contributed by atoms with Gasteiger partial charge in [0, 0.05) is 19.3 Å². The van der Waals surface area contributed by atoms with Gasteiger partial charge in [0.25, 0.3) is 11.5 Å². The largest absolute Gasteiger partial charge is 0.391 e. The zero-order chi connectivity index (χ0) is 15.1. The van der Waals surface area contributed by atoms with Crippen LogP contribution in [0.2, 0.25) is 0 Å². The summed E-state index contributed by atoms with van der Waals surface area (Å²) >= 11 is 0. The number of pyridine rings is 1. The first-order valence-corrected chi connectivity index (χ1v) is 7.00. The summed E-state index contributed by atoms with van der Waals surface area (Å²) < 4.78 is 1.50. The van der Waals surface area contributed by atoms with E-state index in [1.54, 1.807) is 20.0 Å². The summed E-state index contributed by atoms with van der Waals surface area (Å²) in [5.41, 5.74) is 1.06. The molecule has 2 heterocycles. The van der Waals surface area contributed by atoms with E-state index in [2.05, 4.69) is 15.4 Å². The van der Waals surface area contributed by atoms with Crippen LogP contribution >= 0.6 is 0 Å². The van der Waals surface area contributed by atoms with Crippen LogP contribution in [0.25, 0.3) is 11.0 Å². The van der Waals surface area contributed by atoms with Crippen molar-refractivity contribution >= 4 is 16.9 Å². The number of aryl methyl sites for hydroxylation is 2. The zero-order valence-electron chi connectivity index (χ0n) is 12.0. The second-order valence-corrected chi connectivity index (χ2v) is 5.62. The molecule has 2 aromatic rings. The Kier molecular flexibility index (Phi) is 3.29. The van der Waals surface area contributed by atoms with Gasteiger partial charge in [-0.25, -0.2) is 4.98 Å². The molecule has 0 aromatic carbocycles. The molecule has 1 fully saturated rings. The number of carbonyl (C=O) groups is 1. The van der Waals surface area contributed by atoms with Crippen LogP contribution in [0.3, 0.4) is 0 Å². The highest BCUT2D eigenvalue weighted by Crippen LogP contribution is 2.32. The van der Waals surface area contributed by atoms with Crippen molar-refractivity contribution in [3.63, 3.8) is 0 Å². The fraction of sp³-hybridized carbons (Fsp3) is 0.500. The van der Waals surface area contributed by atoms with Crippen LogP contribution < -0.4 is 10.9 Å². The Balaban J connectivity index is 1.91. The number of fused-ring (bicyclic) bond motifs is 1. The van der Waals surface area contributed by atoms with Crippen LogP contribution in [-0.4, -0.2) is 38.4 Å². The second-order valence-electron chi connectivity index (χ2n) is 5.62. The molecule has 1 saturated carbocycles. The average molecular weight is 290 g/mol. The van der Waals surface area contributed by atoms with Gasteiger partial charge < -0.3 is 10.4 Å². The van der Waals surface area contributed by atoms with Gasteiger partial charge in [0.1, 0.15) is 0 Å². The smallest absolute Gasteiger partial charge is 0.274 e. The van der Waals surface area contributed by atoms with Gasteiger partial charge in [-0.2, -0.15) is 0 Å². The maximum Gasteiger partial charge on any atom is 0.274 e. The molecule has 21 heavy (non-hydrogen) atoms. The summed E-state index contributed by atoms with van der Waals surface area (Å²) in [4.78, 5) is 28.5. The van der Waals surface area contributed by atoms with Crippen LogP contribution in [0.15, 0.2) is 10.9 Å². The third-order valence-corrected chi connectivity index (χ3v) is 3.82. The maximum absolute atomic E-state index is 12.3. The highest BCUT2D eigenvalue weighted by molar-refractivity contribution is 6.05. The molecule has 3 rings (SSSR count). The van der Waals surface area contributed by atoms with E-state index >= 15 is 0 Å². The highest BCUT2D eigenvalue weighted by Gasteiger charge is 2.30. The van der Waals surface area contributed by atoms with Gasteiger partial charge in [-0.1, -0.05) is 0 Å². The van der Waals surface area contributed by atoms with E-state index in [-0.39, 0.29) is 23.4 Å². The molecule has 0 bridgehead atoms. The Morgan fingerprint density at radius 3 is 3.00 bits per heavy atom. The third-order valence-electron chi connectivity index (χ3n) is 3.82. The number of nitrogens with zero attached hydrogens (tertiary/aromatic N) is 2. The number of carbonyl (C=O) groups excluding carboxylic acids is 1. The van der Waals surface area contributed by atoms with E-state index in [0.717, 1.165) is 12.8 Å². The molecular weight excluding hydrogens is 272 g/mol. The summed E-state index contributed by atoms with van der Waals surface area (Å²) in [6, 6.07) is 1.59. The molecule has 0 spiro atoms. The quantitative estimate of drug-likeness (QED) is 0.742. The Hall–Kier alpha value is -2.15. The molecule has 1 aliphatic carbocycles. The number of H-pyrrole nitrogens is 1. The molecule has 1 aliphatic rings. The molecule has 7 nitrogen and oxygen atoms in total. The van der Waals surface area contributed by atoms with E-state index in [9.17, 15) is 14.7 Å². The Morgan fingerprint density at radius 1 is 1.62 bits per heavy atom. The van der Waals surface area contributed by atoms with Crippen molar-refractivity contribution in [2.24, 2.45) is 13.0 Å². The predicted molar refractivity (Wildman–Crippen MR) is 77.1 cm³/mol. The lowest BCUT2D eigenvalue weighted by Crippen LogP contribution is -2.33. The highest BCUT2D eigenvalue weighted by atomic mass is 16.3. The zero-order valence-corrected chi connectivity index (χ0v) is 12.0. The standard InChI is InChI=1S/C14H18N4O3/c1-7-5-9(11-12(16-7)18(2)17-14(11)21)13(20)15-6-10(19)8-3-4-8/h5,8,10,19H,3-4,6H2,1-2H3,(H,15,20)(H,17,21). The first-order chi connectivity index (χ1) is 9.97. The second kappa shape index (κ2) is 5.00. The topological polar surface area (TPSA) is 100 Å². The summed E-state index contributed by atoms with van der Waals surface area (Å²) in [6.45, 7) is 1.98. The van der Waals surface area contributed by atoms with Crippen molar-refractivity contribution < 1.29 is 9.90 Å². The first kappa shape index (κ1) is 13.8. The first-order valence-electron chi connectivity index (χ1n) is 7.00. The monoisotopic (exact) mass is 290 g/mol. The van der Waals surface area contributed by atoms with E-state index < -0.39 is 6.10 Å². The number of aromatic nitrogens is 3. The van der Waals surface area contributed by atoms with Crippen LogP contribution in [0.4, 0.5) is 0 Å². The summed E-state index contributed by atoms with van der Waals surface area (Å²) in [5.74, 6) is -0.0634. The molecule has 2 aromatic heterocycles. The fourth-order valence-corrected chi connectivity index (χ4v) is 2.50. The Morgan fingerprint density at radius 2 is 2.33 bits per heavy atom. The molecule has 3 N–H and O–H groups in total. The Bertz CT molecular complexity index is 757. The van der Waals surface area contributed by atoms with Gasteiger partial charge in [0.05, 0.1) is 17.1 Å². The molecule has 1 amide bonds. The van der Waals surface area contributed by atoms with Crippen molar-refractivity contribution in [1.29, 1.82) is 0 Å². The van der Waals surface area contributed by atoms with Crippen molar-refractivity contribution in [2.75, 3.05) is 6.54 Å². The lowest BCUT2D eigenvalue weighted by Gasteiger charge is -2.11. The van der Waals surface area contributed by atoms with Gasteiger partial charge in [0.2, 0.25) is 0 Å². The number of aliphatic hydroxyl groups excluding tert-OH is 1. The normalized spacial score (nSPS) is 16.1. The van der Waals surface area contributed by atoms with Gasteiger partial charge in [-0.3, -0.25) is 19.4 Å². The van der Waals surface area contributed by atoms with Crippen molar-refractivity contribution in [1.82, 2.24) is 20.1 Å². The minimum atomic E-state index is -0.513. The lowest BCUT2D eigenvalue weighted by molar-refractivity contribution is 0.0902. The van der Waals surface area contributed by atoms with Gasteiger partial charge in [-0.15, -0.1) is 0 Å². The molecule has 1 atom stereocenters. The Labute approximate surface area is 121 Å². The number of aromatic amines is 1. The molecule has 1 unspecified atom stereocenters. The van der Waals surface area contributed by atoms with E-state index in [1.165, 1.54) is 4.68 Å². The number of hydrogen-bond acceptors (Lipinski definition) is 4. The van der Waals surface area contributed by atoms with Gasteiger partial charge >= 0.3 is 0 Å². The molecule has 112 valence electrons. The summed E-state index contributed by atoms with van der Waals surface area (Å²) in [5, 5.41) is 15.4. The summed E-state index contributed by atoms with van der Waals surface area (Å²) in [6.07, 6.45) is 1.50. The molecule has 0 radical (unpaired) electrons. The SMILES string of the molecule is Cc1cc(C(=O)NCC(O)C2CC2)c2c(=O)[nH]n(C)c2n1. The number of rotatable bonds is 4. The molecule has 0 aliphatic heterocycles. The van der Waals surface area contributed by atoms with E-state index in [0.29, 0.717) is 22.8 Å². The van der Waals surface area contributed by atoms with Crippen molar-refractivity contribution in [3.05, 3.63) is 27.7 Å². The van der Waals surface area contributed by atoms with Gasteiger partial charge in [0.15, 0.2) is 5.65 Å². The van der Waals surface area contributed by atoms with Crippen LogP contribution in [0.1, 0.15) is 28.9 Å². The number of nitrogens with one attached hydrogen (secondary N) is 2. The van der Waals surface area contributed by atoms with E-state index in [1.807, 2.05) is 0 Å². The molecular formula is C14H18N4O3. The minimum absolute atomic E-state index is 0.205. The summed E-state index contributed by atoms with van der Waals surface area (Å²) in [7, 11) is 1.68. The minimum Gasteiger partial charge on any atom is -0.391 e. The number of aliphatic hydroxyl groups is 1. The van der Waals surface area contributed by atoms with Crippen LogP contribution in [-0.2, 0) is 7.05 Å². The molecule has 7 heteroatoms. The third kappa shape index (κ3) is 2.56. The van der Waals surface area contributed by atoms with Crippen LogP contribution in [0, 0.1) is 12.8 Å². The number of hydrogen-bond donors (Lipinski definition) is 3. The average Bonchev–Trinajstić information content (AvgIpc) is 3.23. The number of amides is 1. The fourth-order valence-electron chi connectivity index (χ4n) is 2.50. The van der Waals surface area contributed by atoms with Gasteiger partial charge in [-0.05, 0) is 31.7 Å². The van der Waals surface area contributed by atoms with Crippen molar-refractivity contribution in [3.8, 4) is 0 Å². The lowest BCUT2D eigenvalue weighted by atomic mass is 10.1. The maximum atomic E-state index is 12.3. The van der Waals surface area contributed by atoms with Crippen LogP contribution in [0.5, 0.6) is 0 Å². The van der Waals surface area contributed by atoms with Crippen molar-refractivity contribution in [2.45, 2.75) is 25.9 Å². The molecule has 0 saturated heterocycles. The predicted octanol–water partition coefficient (Wildman–Crippen LogP) is 0.0707.